The average Bonchev–Trinajstić information content (AvgIpc) is 2.01. The molecular weight excluding hydrogens is 250 g/mol. The van der Waals surface area contributed by atoms with Crippen LogP contribution in [0.2, 0.25) is 0 Å². The summed E-state index contributed by atoms with van der Waals surface area (Å²) in [6, 6.07) is 0. The fraction of sp³-hybridized carbons (Fsp3) is 0.667. The van der Waals surface area contributed by atoms with Gasteiger partial charge in [-0.05, 0) is 0 Å². The van der Waals surface area contributed by atoms with Gasteiger partial charge in [0.25, 0.3) is 0 Å². The molecule has 0 aromatic heterocycles. The van der Waals surface area contributed by atoms with E-state index in [1.54, 1.807) is 0 Å². The second-order valence-electron chi connectivity index (χ2n) is 3.80. The Morgan fingerprint density at radius 3 is 2.43 bits per heavy atom. The molecule has 0 heterocycles. The smallest absolute Gasteiger partial charge is 0.365 e. The Kier molecular flexibility index (Phi) is 9.13. The van der Waals surface area contributed by atoms with Crippen LogP contribution in [0.1, 0.15) is 6.42 Å². The topological polar surface area (TPSA) is 35.5 Å². The molecule has 4 nitrogen and oxygen atoms in total. The molecule has 0 aromatic rings. The maximum Gasteiger partial charge on any atom is 0.365 e. The number of hydrogen-bond acceptors (Lipinski definition) is 3. The molecular formula is C9H18BrNO3. The molecule has 0 unspecified atom stereocenters. The van der Waals surface area contributed by atoms with Gasteiger partial charge in [0.05, 0.1) is 34.3 Å². The molecule has 0 spiro atoms. The van der Waals surface area contributed by atoms with E-state index >= 15 is 0 Å². The first-order chi connectivity index (χ1) is 5.95. The third-order valence-electron chi connectivity index (χ3n) is 1.36. The number of nitrogens with zero attached hydrogens (tertiary/aromatic N) is 1. The van der Waals surface area contributed by atoms with Gasteiger partial charge in [-0.2, -0.15) is 4.89 Å². The number of rotatable bonds is 6. The quantitative estimate of drug-likeness (QED) is 0.179. The summed E-state index contributed by atoms with van der Waals surface area (Å²) in [7, 11) is 6.28. The minimum absolute atomic E-state index is 0. The van der Waals surface area contributed by atoms with Gasteiger partial charge in [-0.25, -0.2) is 4.79 Å². The molecule has 0 rings (SSSR count). The second-order valence-corrected chi connectivity index (χ2v) is 3.80. The van der Waals surface area contributed by atoms with Gasteiger partial charge in [0, 0.05) is 12.5 Å². The highest BCUT2D eigenvalue weighted by Gasteiger charge is 2.06. The number of carbonyl (C=O) groups excluding carboxylic acids is 1. The zero-order valence-corrected chi connectivity index (χ0v) is 10.5. The maximum atomic E-state index is 10.5. The van der Waals surface area contributed by atoms with E-state index in [1.807, 2.05) is 0 Å². The van der Waals surface area contributed by atoms with Gasteiger partial charge in [0.1, 0.15) is 0 Å². The van der Waals surface area contributed by atoms with Crippen molar-refractivity contribution in [2.75, 3.05) is 34.3 Å². The molecule has 84 valence electrons. The van der Waals surface area contributed by atoms with Crippen LogP contribution < -0.4 is 17.0 Å². The standard InChI is InChI=1S/C9H18NO3.BrH/c1-5-9(11)13-12-8-6-7-10(2,3)4;/h5H,1,6-8H2,2-4H3;1H/q+1;/p-1. The van der Waals surface area contributed by atoms with E-state index in [4.69, 9.17) is 0 Å². The van der Waals surface area contributed by atoms with E-state index in [-0.39, 0.29) is 17.0 Å². The molecule has 0 radical (unpaired) electrons. The van der Waals surface area contributed by atoms with Crippen molar-refractivity contribution in [2.45, 2.75) is 6.42 Å². The third kappa shape index (κ3) is 11.6. The van der Waals surface area contributed by atoms with Gasteiger partial charge in [-0.3, -0.25) is 4.89 Å². The van der Waals surface area contributed by atoms with Crippen LogP contribution >= 0.6 is 0 Å². The minimum Gasteiger partial charge on any atom is -1.00 e. The highest BCUT2D eigenvalue weighted by Crippen LogP contribution is 1.94. The molecule has 0 aliphatic carbocycles. The first kappa shape index (κ1) is 16.1. The predicted octanol–water partition coefficient (Wildman–Crippen LogP) is -2.25. The Balaban J connectivity index is 0. The largest absolute Gasteiger partial charge is 1.00 e. The molecule has 0 saturated carbocycles. The Morgan fingerprint density at radius 1 is 1.43 bits per heavy atom. The van der Waals surface area contributed by atoms with Crippen LogP contribution in [0.4, 0.5) is 0 Å². The van der Waals surface area contributed by atoms with E-state index in [0.717, 1.165) is 23.5 Å². The SMILES string of the molecule is C=CC(=O)OOCCC[N+](C)(C)C.[Br-]. The van der Waals surface area contributed by atoms with E-state index in [0.29, 0.717) is 6.61 Å². The zero-order chi connectivity index (χ0) is 10.3. The first-order valence-electron chi connectivity index (χ1n) is 4.22. The summed E-state index contributed by atoms with van der Waals surface area (Å²) in [6.07, 6.45) is 1.92. The molecule has 0 amide bonds. The van der Waals surface area contributed by atoms with Gasteiger partial charge >= 0.3 is 5.97 Å². The summed E-state index contributed by atoms with van der Waals surface area (Å²) in [4.78, 5) is 19.5. The lowest BCUT2D eigenvalue weighted by Gasteiger charge is -2.23. The fourth-order valence-electron chi connectivity index (χ4n) is 0.732. The molecule has 0 aromatic carbocycles. The van der Waals surface area contributed by atoms with Crippen LogP contribution in [0.3, 0.4) is 0 Å². The zero-order valence-electron chi connectivity index (χ0n) is 8.96. The van der Waals surface area contributed by atoms with Crippen LogP contribution in [-0.2, 0) is 14.6 Å². The molecule has 0 fully saturated rings. The molecule has 0 N–H and O–H groups in total. The van der Waals surface area contributed by atoms with Crippen LogP contribution in [0.25, 0.3) is 0 Å². The summed E-state index contributed by atoms with van der Waals surface area (Å²) in [5, 5.41) is 0. The first-order valence-corrected chi connectivity index (χ1v) is 4.22. The molecule has 0 saturated heterocycles. The predicted molar refractivity (Wildman–Crippen MR) is 49.8 cm³/mol. The van der Waals surface area contributed by atoms with Crippen molar-refractivity contribution < 1.29 is 36.0 Å². The summed E-state index contributed by atoms with van der Waals surface area (Å²) in [6.45, 7) is 4.64. The summed E-state index contributed by atoms with van der Waals surface area (Å²) < 4.78 is 0.874. The van der Waals surface area contributed by atoms with Crippen molar-refractivity contribution >= 4 is 5.97 Å². The number of quaternary nitrogens is 1. The van der Waals surface area contributed by atoms with E-state index in [2.05, 4.69) is 37.5 Å². The van der Waals surface area contributed by atoms with Crippen LogP contribution in [0.5, 0.6) is 0 Å². The summed E-state index contributed by atoms with van der Waals surface area (Å²) in [5.41, 5.74) is 0. The van der Waals surface area contributed by atoms with E-state index in [1.165, 1.54) is 0 Å². The lowest BCUT2D eigenvalue weighted by Crippen LogP contribution is -3.00. The van der Waals surface area contributed by atoms with Crippen molar-refractivity contribution in [1.29, 1.82) is 0 Å². The Labute approximate surface area is 95.8 Å². The molecule has 0 atom stereocenters. The van der Waals surface area contributed by atoms with Crippen molar-refractivity contribution in [1.82, 2.24) is 0 Å². The van der Waals surface area contributed by atoms with Gasteiger partial charge in [0.2, 0.25) is 0 Å². The van der Waals surface area contributed by atoms with Crippen LogP contribution in [-0.4, -0.2) is 44.7 Å². The lowest BCUT2D eigenvalue weighted by molar-refractivity contribution is -0.870. The van der Waals surface area contributed by atoms with Gasteiger partial charge < -0.3 is 21.5 Å². The lowest BCUT2D eigenvalue weighted by atomic mass is 10.4. The maximum absolute atomic E-state index is 10.5. The normalized spacial score (nSPS) is 10.2. The van der Waals surface area contributed by atoms with Gasteiger partial charge in [-0.15, -0.1) is 0 Å². The summed E-state index contributed by atoms with van der Waals surface area (Å²) >= 11 is 0. The van der Waals surface area contributed by atoms with Crippen molar-refractivity contribution in [3.8, 4) is 0 Å². The van der Waals surface area contributed by atoms with Crippen molar-refractivity contribution in [3.05, 3.63) is 12.7 Å². The van der Waals surface area contributed by atoms with Crippen LogP contribution in [0.15, 0.2) is 12.7 Å². The van der Waals surface area contributed by atoms with E-state index < -0.39 is 5.97 Å². The number of hydrogen-bond donors (Lipinski definition) is 0. The van der Waals surface area contributed by atoms with Crippen LogP contribution in [0, 0.1) is 0 Å². The summed E-state index contributed by atoms with van der Waals surface area (Å²) in [5.74, 6) is -0.551. The molecule has 0 aliphatic rings. The molecule has 14 heavy (non-hydrogen) atoms. The van der Waals surface area contributed by atoms with Gasteiger partial charge in [-0.1, -0.05) is 6.58 Å². The highest BCUT2D eigenvalue weighted by molar-refractivity contribution is 5.80. The van der Waals surface area contributed by atoms with E-state index in [9.17, 15) is 4.79 Å². The fourth-order valence-corrected chi connectivity index (χ4v) is 0.732. The Bertz CT molecular complexity index is 177. The second kappa shape index (κ2) is 7.96. The third-order valence-corrected chi connectivity index (χ3v) is 1.36. The van der Waals surface area contributed by atoms with Crippen molar-refractivity contribution in [2.24, 2.45) is 0 Å². The van der Waals surface area contributed by atoms with Gasteiger partial charge in [0.15, 0.2) is 0 Å². The minimum atomic E-state index is -0.551. The molecule has 0 bridgehead atoms. The number of halogens is 1. The monoisotopic (exact) mass is 267 g/mol. The average molecular weight is 268 g/mol. The number of carbonyl (C=O) groups is 1. The highest BCUT2D eigenvalue weighted by atomic mass is 79.9. The van der Waals surface area contributed by atoms with Crippen molar-refractivity contribution in [3.63, 3.8) is 0 Å². The Morgan fingerprint density at radius 2 is 2.00 bits per heavy atom. The molecule has 5 heteroatoms. The Hall–Kier alpha value is -0.390. The molecule has 0 aliphatic heterocycles.